The summed E-state index contributed by atoms with van der Waals surface area (Å²) in [5.41, 5.74) is 4.60. The van der Waals surface area contributed by atoms with Crippen LogP contribution in [-0.2, 0) is 14.8 Å². The van der Waals surface area contributed by atoms with Crippen LogP contribution in [-0.4, -0.2) is 50.1 Å². The van der Waals surface area contributed by atoms with Crippen molar-refractivity contribution in [1.29, 1.82) is 0 Å². The van der Waals surface area contributed by atoms with Crippen LogP contribution in [0.1, 0.15) is 33.6 Å². The molecule has 0 aliphatic carbocycles. The van der Waals surface area contributed by atoms with Crippen LogP contribution in [0.3, 0.4) is 0 Å². The van der Waals surface area contributed by atoms with Crippen molar-refractivity contribution in [3.8, 4) is 0 Å². The SMILES string of the molecule is O=C(CNC(=O)c1ccc(S(=O)(=O)N2CCCC2)cc1)NNC(=O)c1cc(Cl)ccc1Cl. The third kappa shape index (κ3) is 5.77. The molecule has 0 unspecified atom stereocenters. The predicted molar refractivity (Wildman–Crippen MR) is 119 cm³/mol. The van der Waals surface area contributed by atoms with Crippen LogP contribution in [0.4, 0.5) is 0 Å². The number of carbonyl (C=O) groups excluding carboxylic acids is 3. The monoisotopic (exact) mass is 498 g/mol. The molecule has 1 aliphatic rings. The number of hydrogen-bond donors (Lipinski definition) is 3. The maximum atomic E-state index is 12.5. The lowest BCUT2D eigenvalue weighted by molar-refractivity contribution is -0.120. The van der Waals surface area contributed by atoms with E-state index in [-0.39, 0.29) is 21.0 Å². The molecule has 0 radical (unpaired) electrons. The Morgan fingerprint density at radius 1 is 0.906 bits per heavy atom. The van der Waals surface area contributed by atoms with Gasteiger partial charge in [0.05, 0.1) is 22.0 Å². The van der Waals surface area contributed by atoms with Gasteiger partial charge in [-0.2, -0.15) is 4.31 Å². The molecule has 3 amide bonds. The number of hydrazine groups is 1. The number of benzene rings is 2. The van der Waals surface area contributed by atoms with Gasteiger partial charge in [0, 0.05) is 23.7 Å². The molecule has 0 aromatic heterocycles. The summed E-state index contributed by atoms with van der Waals surface area (Å²) in [7, 11) is -3.57. The molecular weight excluding hydrogens is 479 g/mol. The van der Waals surface area contributed by atoms with E-state index < -0.39 is 34.3 Å². The van der Waals surface area contributed by atoms with E-state index in [1.807, 2.05) is 0 Å². The first-order chi connectivity index (χ1) is 15.2. The maximum Gasteiger partial charge on any atom is 0.271 e. The Morgan fingerprint density at radius 3 is 2.22 bits per heavy atom. The molecule has 1 fully saturated rings. The fraction of sp³-hybridized carbons (Fsp3) is 0.250. The van der Waals surface area contributed by atoms with Gasteiger partial charge in [-0.25, -0.2) is 8.42 Å². The third-order valence-electron chi connectivity index (χ3n) is 4.72. The lowest BCUT2D eigenvalue weighted by atomic mass is 10.2. The van der Waals surface area contributed by atoms with Gasteiger partial charge in [0.15, 0.2) is 0 Å². The first-order valence-corrected chi connectivity index (χ1v) is 11.8. The molecule has 32 heavy (non-hydrogen) atoms. The molecule has 9 nitrogen and oxygen atoms in total. The third-order valence-corrected chi connectivity index (χ3v) is 7.19. The Morgan fingerprint density at radius 2 is 1.56 bits per heavy atom. The van der Waals surface area contributed by atoms with Gasteiger partial charge in [-0.1, -0.05) is 23.2 Å². The Bertz CT molecular complexity index is 1130. The van der Waals surface area contributed by atoms with Gasteiger partial charge in [-0.3, -0.25) is 25.2 Å². The normalized spacial score (nSPS) is 14.1. The number of hydrogen-bond acceptors (Lipinski definition) is 5. The Hall–Kier alpha value is -2.66. The lowest BCUT2D eigenvalue weighted by Crippen LogP contribution is -2.46. The first kappa shape index (κ1) is 24.0. The van der Waals surface area contributed by atoms with Crippen LogP contribution in [0, 0.1) is 0 Å². The van der Waals surface area contributed by atoms with Crippen LogP contribution in [0.2, 0.25) is 10.0 Å². The molecule has 170 valence electrons. The predicted octanol–water partition coefficient (Wildman–Crippen LogP) is 1.97. The van der Waals surface area contributed by atoms with E-state index in [9.17, 15) is 22.8 Å². The molecular formula is C20H20Cl2N4O5S. The Labute approximate surface area is 195 Å². The van der Waals surface area contributed by atoms with Gasteiger partial charge < -0.3 is 5.32 Å². The molecule has 2 aromatic rings. The molecule has 3 N–H and O–H groups in total. The van der Waals surface area contributed by atoms with Gasteiger partial charge in [0.2, 0.25) is 10.0 Å². The second-order valence-electron chi connectivity index (χ2n) is 6.94. The number of halogens is 2. The van der Waals surface area contributed by atoms with Gasteiger partial charge >= 0.3 is 0 Å². The highest BCUT2D eigenvalue weighted by Gasteiger charge is 2.27. The molecule has 3 rings (SSSR count). The number of nitrogens with zero attached hydrogens (tertiary/aromatic N) is 1. The van der Waals surface area contributed by atoms with Crippen LogP contribution < -0.4 is 16.2 Å². The summed E-state index contributed by atoms with van der Waals surface area (Å²) in [5, 5.41) is 2.85. The zero-order valence-corrected chi connectivity index (χ0v) is 19.1. The largest absolute Gasteiger partial charge is 0.343 e. The zero-order chi connectivity index (χ0) is 23.3. The molecule has 0 atom stereocenters. The van der Waals surface area contributed by atoms with E-state index in [1.54, 1.807) is 0 Å². The molecule has 12 heteroatoms. The van der Waals surface area contributed by atoms with E-state index in [4.69, 9.17) is 23.2 Å². The minimum absolute atomic E-state index is 0.0764. The number of amides is 3. The highest BCUT2D eigenvalue weighted by atomic mass is 35.5. The summed E-state index contributed by atoms with van der Waals surface area (Å²) >= 11 is 11.7. The number of rotatable bonds is 6. The minimum Gasteiger partial charge on any atom is -0.343 e. The summed E-state index contributed by atoms with van der Waals surface area (Å²) in [5.74, 6) is -1.93. The van der Waals surface area contributed by atoms with Crippen LogP contribution >= 0.6 is 23.2 Å². The molecule has 2 aromatic carbocycles. The second-order valence-corrected chi connectivity index (χ2v) is 9.73. The number of sulfonamides is 1. The molecule has 1 aliphatic heterocycles. The smallest absolute Gasteiger partial charge is 0.271 e. The van der Waals surface area contributed by atoms with Crippen molar-refractivity contribution in [2.45, 2.75) is 17.7 Å². The van der Waals surface area contributed by atoms with Crippen molar-refractivity contribution in [2.75, 3.05) is 19.6 Å². The molecule has 1 saturated heterocycles. The summed E-state index contributed by atoms with van der Waals surface area (Å²) in [6, 6.07) is 9.78. The van der Waals surface area contributed by atoms with Crippen LogP contribution in [0.5, 0.6) is 0 Å². The van der Waals surface area contributed by atoms with Crippen molar-refractivity contribution in [2.24, 2.45) is 0 Å². The van der Waals surface area contributed by atoms with Gasteiger partial charge in [0.25, 0.3) is 17.7 Å². The quantitative estimate of drug-likeness (QED) is 0.525. The van der Waals surface area contributed by atoms with Crippen molar-refractivity contribution in [3.05, 3.63) is 63.6 Å². The standard InChI is InChI=1S/C20H20Cl2N4O5S/c21-14-5-8-17(22)16(11-14)20(29)25-24-18(27)12-23-19(28)13-3-6-15(7-4-13)32(30,31)26-9-1-2-10-26/h3-8,11H,1-2,9-10,12H2,(H,23,28)(H,24,27)(H,25,29). The fourth-order valence-corrected chi connectivity index (χ4v) is 4.92. The van der Waals surface area contributed by atoms with Gasteiger partial charge in [0.1, 0.15) is 0 Å². The number of nitrogens with one attached hydrogen (secondary N) is 3. The van der Waals surface area contributed by atoms with E-state index in [0.29, 0.717) is 18.1 Å². The van der Waals surface area contributed by atoms with E-state index in [1.165, 1.54) is 46.8 Å². The van der Waals surface area contributed by atoms with Crippen LogP contribution in [0.15, 0.2) is 47.4 Å². The van der Waals surface area contributed by atoms with Crippen molar-refractivity contribution < 1.29 is 22.8 Å². The highest BCUT2D eigenvalue weighted by Crippen LogP contribution is 2.21. The average molecular weight is 499 g/mol. The topological polar surface area (TPSA) is 125 Å². The van der Waals surface area contributed by atoms with E-state index in [0.717, 1.165) is 12.8 Å². The molecule has 0 bridgehead atoms. The Kier molecular flexibility index (Phi) is 7.73. The van der Waals surface area contributed by atoms with E-state index in [2.05, 4.69) is 16.2 Å². The van der Waals surface area contributed by atoms with Crippen molar-refractivity contribution in [1.82, 2.24) is 20.5 Å². The number of carbonyl (C=O) groups is 3. The van der Waals surface area contributed by atoms with Crippen molar-refractivity contribution in [3.63, 3.8) is 0 Å². The summed E-state index contributed by atoms with van der Waals surface area (Å²) in [6.45, 7) is 0.551. The fourth-order valence-electron chi connectivity index (χ4n) is 3.03. The summed E-state index contributed by atoms with van der Waals surface area (Å²) < 4.78 is 26.5. The highest BCUT2D eigenvalue weighted by molar-refractivity contribution is 7.89. The molecule has 0 spiro atoms. The van der Waals surface area contributed by atoms with Crippen molar-refractivity contribution >= 4 is 50.9 Å². The maximum absolute atomic E-state index is 12.5. The first-order valence-electron chi connectivity index (χ1n) is 9.61. The zero-order valence-electron chi connectivity index (χ0n) is 16.7. The average Bonchev–Trinajstić information content (AvgIpc) is 3.33. The molecule has 0 saturated carbocycles. The van der Waals surface area contributed by atoms with Crippen LogP contribution in [0.25, 0.3) is 0 Å². The lowest BCUT2D eigenvalue weighted by Gasteiger charge is -2.15. The Balaban J connectivity index is 1.50. The molecule has 1 heterocycles. The summed E-state index contributed by atoms with van der Waals surface area (Å²) in [6.07, 6.45) is 1.66. The second kappa shape index (κ2) is 10.3. The van der Waals surface area contributed by atoms with Gasteiger partial charge in [-0.15, -0.1) is 0 Å². The van der Waals surface area contributed by atoms with Gasteiger partial charge in [-0.05, 0) is 55.3 Å². The minimum atomic E-state index is -3.57. The van der Waals surface area contributed by atoms with E-state index >= 15 is 0 Å². The summed E-state index contributed by atoms with van der Waals surface area (Å²) in [4.78, 5) is 36.3.